The first-order chi connectivity index (χ1) is 8.88. The van der Waals surface area contributed by atoms with E-state index in [1.165, 1.54) is 31.2 Å². The molecule has 5 nitrogen and oxygen atoms in total. The van der Waals surface area contributed by atoms with Gasteiger partial charge in [0.05, 0.1) is 5.75 Å². The fourth-order valence-corrected chi connectivity index (χ4v) is 2.71. The van der Waals surface area contributed by atoms with Crippen LogP contribution in [-0.2, 0) is 26.1 Å². The summed E-state index contributed by atoms with van der Waals surface area (Å²) in [6, 6.07) is 4.28. The predicted octanol–water partition coefficient (Wildman–Crippen LogP) is 0.664. The Morgan fingerprint density at radius 3 is 2.42 bits per heavy atom. The molecule has 0 spiro atoms. The lowest BCUT2D eigenvalue weighted by Crippen LogP contribution is -2.43. The minimum absolute atomic E-state index is 0.115. The zero-order valence-electron chi connectivity index (χ0n) is 10.3. The molecule has 0 saturated carbocycles. The summed E-state index contributed by atoms with van der Waals surface area (Å²) >= 11 is 0. The molecule has 0 aliphatic carbocycles. The van der Waals surface area contributed by atoms with Crippen LogP contribution in [0.4, 0.5) is 4.39 Å². The second-order valence-corrected chi connectivity index (χ2v) is 5.47. The SMILES string of the molecule is CC(=O)NC(CS(=O)Cc1ccc(F)cc1)C(=O)O. The smallest absolute Gasteiger partial charge is 0.327 e. The quantitative estimate of drug-likeness (QED) is 0.805. The van der Waals surface area contributed by atoms with Crippen LogP contribution in [0.15, 0.2) is 24.3 Å². The Bertz CT molecular complexity index is 489. The van der Waals surface area contributed by atoms with Crippen molar-refractivity contribution >= 4 is 22.7 Å². The molecular formula is C12H14FNO4S. The van der Waals surface area contributed by atoms with Crippen LogP contribution in [0, 0.1) is 5.82 Å². The molecule has 0 bridgehead atoms. The number of carbonyl (C=O) groups is 2. The van der Waals surface area contributed by atoms with Crippen LogP contribution in [0.3, 0.4) is 0 Å². The van der Waals surface area contributed by atoms with E-state index in [4.69, 9.17) is 5.11 Å². The molecule has 0 fully saturated rings. The van der Waals surface area contributed by atoms with Crippen LogP contribution in [-0.4, -0.2) is 33.0 Å². The monoisotopic (exact) mass is 287 g/mol. The average molecular weight is 287 g/mol. The van der Waals surface area contributed by atoms with Crippen molar-refractivity contribution in [2.24, 2.45) is 0 Å². The standard InChI is InChI=1S/C12H14FNO4S/c1-8(15)14-11(12(16)17)7-19(18)6-9-2-4-10(13)5-3-9/h2-5,11H,6-7H2,1H3,(H,14,15)(H,16,17). The van der Waals surface area contributed by atoms with Crippen molar-refractivity contribution in [3.8, 4) is 0 Å². The Labute approximate surface area is 112 Å². The lowest BCUT2D eigenvalue weighted by Gasteiger charge is -2.12. The van der Waals surface area contributed by atoms with E-state index in [2.05, 4.69) is 5.32 Å². The van der Waals surface area contributed by atoms with Gasteiger partial charge in [0.25, 0.3) is 0 Å². The summed E-state index contributed by atoms with van der Waals surface area (Å²) in [5.41, 5.74) is 0.645. The van der Waals surface area contributed by atoms with Crippen molar-refractivity contribution in [3.63, 3.8) is 0 Å². The summed E-state index contributed by atoms with van der Waals surface area (Å²) in [5, 5.41) is 11.1. The number of hydrogen-bond donors (Lipinski definition) is 2. The van der Waals surface area contributed by atoms with Gasteiger partial charge in [0.2, 0.25) is 5.91 Å². The molecule has 0 aliphatic heterocycles. The summed E-state index contributed by atoms with van der Waals surface area (Å²) in [4.78, 5) is 21.7. The number of aliphatic carboxylic acids is 1. The molecule has 2 unspecified atom stereocenters. The van der Waals surface area contributed by atoms with Crippen molar-refractivity contribution in [1.82, 2.24) is 5.32 Å². The molecule has 1 amide bonds. The van der Waals surface area contributed by atoms with Crippen LogP contribution in [0.2, 0.25) is 0 Å². The van der Waals surface area contributed by atoms with Crippen LogP contribution in [0.5, 0.6) is 0 Å². The zero-order chi connectivity index (χ0) is 14.4. The second-order valence-electron chi connectivity index (χ2n) is 3.97. The molecule has 0 saturated heterocycles. The molecule has 104 valence electrons. The summed E-state index contributed by atoms with van der Waals surface area (Å²) in [6.07, 6.45) is 0. The molecule has 2 N–H and O–H groups in total. The normalized spacial score (nSPS) is 13.6. The highest BCUT2D eigenvalue weighted by Crippen LogP contribution is 2.06. The lowest BCUT2D eigenvalue weighted by molar-refractivity contribution is -0.140. The van der Waals surface area contributed by atoms with Crippen LogP contribution in [0.25, 0.3) is 0 Å². The molecule has 0 heterocycles. The molecule has 2 atom stereocenters. The van der Waals surface area contributed by atoms with Gasteiger partial charge in [-0.05, 0) is 17.7 Å². The van der Waals surface area contributed by atoms with Gasteiger partial charge in [-0.3, -0.25) is 9.00 Å². The number of hydrogen-bond acceptors (Lipinski definition) is 3. The van der Waals surface area contributed by atoms with Crippen molar-refractivity contribution in [3.05, 3.63) is 35.6 Å². The first-order valence-electron chi connectivity index (χ1n) is 5.48. The highest BCUT2D eigenvalue weighted by Gasteiger charge is 2.21. The Kier molecular flexibility index (Phi) is 5.62. The first-order valence-corrected chi connectivity index (χ1v) is 6.96. The molecule has 1 aromatic rings. The van der Waals surface area contributed by atoms with E-state index in [0.29, 0.717) is 5.56 Å². The second kappa shape index (κ2) is 6.98. The van der Waals surface area contributed by atoms with E-state index in [-0.39, 0.29) is 11.5 Å². The third-order valence-electron chi connectivity index (χ3n) is 2.27. The predicted molar refractivity (Wildman–Crippen MR) is 68.4 cm³/mol. The van der Waals surface area contributed by atoms with E-state index >= 15 is 0 Å². The summed E-state index contributed by atoms with van der Waals surface area (Å²) in [7, 11) is -1.46. The Hall–Kier alpha value is -1.76. The van der Waals surface area contributed by atoms with Gasteiger partial charge in [-0.2, -0.15) is 0 Å². The van der Waals surface area contributed by atoms with Gasteiger partial charge >= 0.3 is 5.97 Å². The largest absolute Gasteiger partial charge is 0.480 e. The fourth-order valence-electron chi connectivity index (χ4n) is 1.43. The summed E-state index contributed by atoms with van der Waals surface area (Å²) in [5.74, 6) is -2.19. The van der Waals surface area contributed by atoms with E-state index in [0.717, 1.165) is 0 Å². The Balaban J connectivity index is 2.59. The molecule has 0 radical (unpaired) electrons. The highest BCUT2D eigenvalue weighted by atomic mass is 32.2. The third-order valence-corrected chi connectivity index (χ3v) is 3.63. The van der Waals surface area contributed by atoms with Gasteiger partial charge in [0, 0.05) is 23.5 Å². The van der Waals surface area contributed by atoms with Gasteiger partial charge in [-0.1, -0.05) is 12.1 Å². The van der Waals surface area contributed by atoms with Crippen molar-refractivity contribution in [1.29, 1.82) is 0 Å². The number of carboxylic acids is 1. The van der Waals surface area contributed by atoms with E-state index in [9.17, 15) is 18.2 Å². The van der Waals surface area contributed by atoms with Gasteiger partial charge in [0.1, 0.15) is 11.9 Å². The van der Waals surface area contributed by atoms with Crippen LogP contribution < -0.4 is 5.32 Å². The molecule has 0 aliphatic rings. The minimum Gasteiger partial charge on any atom is -0.480 e. The minimum atomic E-state index is -1.46. The molecule has 7 heteroatoms. The van der Waals surface area contributed by atoms with Gasteiger partial charge < -0.3 is 10.4 Å². The summed E-state index contributed by atoms with van der Waals surface area (Å²) < 4.78 is 24.5. The average Bonchev–Trinajstić information content (AvgIpc) is 2.30. The van der Waals surface area contributed by atoms with Gasteiger partial charge in [0.15, 0.2) is 0 Å². The van der Waals surface area contributed by atoms with E-state index in [1.54, 1.807) is 0 Å². The Morgan fingerprint density at radius 2 is 1.95 bits per heavy atom. The lowest BCUT2D eigenvalue weighted by atomic mass is 10.2. The number of rotatable bonds is 6. The number of halogens is 1. The third kappa shape index (κ3) is 5.60. The van der Waals surface area contributed by atoms with Crippen molar-refractivity contribution in [2.75, 3.05) is 5.75 Å². The zero-order valence-corrected chi connectivity index (χ0v) is 11.1. The molecule has 0 aromatic heterocycles. The number of carbonyl (C=O) groups excluding carboxylic acids is 1. The van der Waals surface area contributed by atoms with Gasteiger partial charge in [-0.15, -0.1) is 0 Å². The number of nitrogens with one attached hydrogen (secondary N) is 1. The number of carboxylic acid groups (broad SMARTS) is 1. The topological polar surface area (TPSA) is 83.5 Å². The fraction of sp³-hybridized carbons (Fsp3) is 0.333. The maximum atomic E-state index is 12.7. The maximum Gasteiger partial charge on any atom is 0.327 e. The van der Waals surface area contributed by atoms with E-state index in [1.807, 2.05) is 0 Å². The molecule has 19 heavy (non-hydrogen) atoms. The molecule has 1 aromatic carbocycles. The number of amides is 1. The molecular weight excluding hydrogens is 273 g/mol. The summed E-state index contributed by atoms with van der Waals surface area (Å²) in [6.45, 7) is 1.19. The first kappa shape index (κ1) is 15.3. The van der Waals surface area contributed by atoms with Crippen LogP contribution in [0.1, 0.15) is 12.5 Å². The maximum absolute atomic E-state index is 12.7. The van der Waals surface area contributed by atoms with Gasteiger partial charge in [-0.25, -0.2) is 9.18 Å². The Morgan fingerprint density at radius 1 is 1.37 bits per heavy atom. The number of benzene rings is 1. The van der Waals surface area contributed by atoms with Crippen molar-refractivity contribution in [2.45, 2.75) is 18.7 Å². The highest BCUT2D eigenvalue weighted by molar-refractivity contribution is 7.84. The van der Waals surface area contributed by atoms with E-state index < -0.39 is 34.5 Å². The van der Waals surface area contributed by atoms with Crippen LogP contribution >= 0.6 is 0 Å². The van der Waals surface area contributed by atoms with Crippen molar-refractivity contribution < 1.29 is 23.3 Å². The molecule has 1 rings (SSSR count).